The third kappa shape index (κ3) is 7.45. The molecule has 0 spiro atoms. The van der Waals surface area contributed by atoms with Crippen molar-refractivity contribution in [1.29, 1.82) is 0 Å². The van der Waals surface area contributed by atoms with Crippen molar-refractivity contribution in [1.82, 2.24) is 9.97 Å². The Balaban J connectivity index is 1.41. The van der Waals surface area contributed by atoms with Crippen molar-refractivity contribution >= 4 is 11.4 Å². The van der Waals surface area contributed by atoms with Crippen molar-refractivity contribution in [3.05, 3.63) is 60.9 Å². The lowest BCUT2D eigenvalue weighted by Crippen LogP contribution is -2.30. The topological polar surface area (TPSA) is 87.6 Å². The summed E-state index contributed by atoms with van der Waals surface area (Å²) in [7, 11) is 9.63. The number of methoxy groups -OCH3 is 6. The zero-order valence-electron chi connectivity index (χ0n) is 27.5. The number of anilines is 2. The second-order valence-corrected chi connectivity index (χ2v) is 10.1. The lowest BCUT2D eigenvalue weighted by molar-refractivity contribution is 0.324. The molecule has 2 aromatic heterocycles. The van der Waals surface area contributed by atoms with Crippen molar-refractivity contribution in [3.8, 4) is 57.0 Å². The van der Waals surface area contributed by atoms with Gasteiger partial charge in [-0.1, -0.05) is 0 Å². The highest BCUT2D eigenvalue weighted by atomic mass is 16.5. The van der Waals surface area contributed by atoms with E-state index in [-0.39, 0.29) is 0 Å². The van der Waals surface area contributed by atoms with Gasteiger partial charge in [0.15, 0.2) is 23.0 Å². The summed E-state index contributed by atoms with van der Waals surface area (Å²) < 4.78 is 33.0. The van der Waals surface area contributed by atoms with Crippen LogP contribution in [0.5, 0.6) is 34.5 Å². The van der Waals surface area contributed by atoms with Crippen LogP contribution in [0.2, 0.25) is 0 Å². The van der Waals surface area contributed by atoms with Gasteiger partial charge in [-0.3, -0.25) is 9.97 Å². The minimum Gasteiger partial charge on any atom is -0.493 e. The Morgan fingerprint density at radius 1 is 0.511 bits per heavy atom. The molecule has 4 aromatic rings. The Hall–Kier alpha value is -4.86. The highest BCUT2D eigenvalue weighted by Gasteiger charge is 2.17. The van der Waals surface area contributed by atoms with Crippen molar-refractivity contribution in [3.63, 3.8) is 0 Å². The molecule has 240 valence electrons. The van der Waals surface area contributed by atoms with Crippen LogP contribution < -0.4 is 38.2 Å². The van der Waals surface area contributed by atoms with Crippen LogP contribution in [0.15, 0.2) is 60.9 Å². The van der Waals surface area contributed by atoms with Crippen molar-refractivity contribution in [2.24, 2.45) is 0 Å². The Kier molecular flexibility index (Phi) is 11.6. The Bertz CT molecular complexity index is 1360. The smallest absolute Gasteiger partial charge is 0.203 e. The van der Waals surface area contributed by atoms with Gasteiger partial charge in [-0.2, -0.15) is 0 Å². The van der Waals surface area contributed by atoms with Crippen LogP contribution in [0.1, 0.15) is 20.3 Å². The third-order valence-electron chi connectivity index (χ3n) is 7.77. The fourth-order valence-electron chi connectivity index (χ4n) is 5.34. The van der Waals surface area contributed by atoms with Crippen LogP contribution in [-0.4, -0.2) is 78.8 Å². The maximum Gasteiger partial charge on any atom is 0.203 e. The number of nitrogens with zero attached hydrogens (tertiary/aromatic N) is 4. The second kappa shape index (κ2) is 15.7. The standard InChI is InChI=1S/C35H44N4O6/c1-9-38(26-12-14-28(36-22-26)24-18-30(40-3)34(44-7)31(19-24)41-4)16-11-17-39(10-2)27-13-15-29(37-23-27)25-20-32(42-5)35(45-8)33(21-25)43-6/h12-15,18-23H,9-11,16-17H2,1-8H3. The van der Waals surface area contributed by atoms with E-state index in [9.17, 15) is 0 Å². The maximum atomic E-state index is 5.51. The summed E-state index contributed by atoms with van der Waals surface area (Å²) in [5, 5.41) is 0. The molecule has 2 aromatic carbocycles. The molecule has 0 fully saturated rings. The number of pyridine rings is 2. The van der Waals surface area contributed by atoms with E-state index in [2.05, 4.69) is 35.8 Å². The van der Waals surface area contributed by atoms with E-state index in [1.165, 1.54) is 0 Å². The molecule has 0 saturated heterocycles. The molecule has 0 aliphatic carbocycles. The molecule has 0 amide bonds. The van der Waals surface area contributed by atoms with E-state index in [1.807, 2.05) is 48.8 Å². The van der Waals surface area contributed by atoms with Crippen LogP contribution in [0.25, 0.3) is 22.5 Å². The van der Waals surface area contributed by atoms with Gasteiger partial charge in [0.1, 0.15) is 0 Å². The minimum atomic E-state index is 0.559. The minimum absolute atomic E-state index is 0.559. The molecule has 45 heavy (non-hydrogen) atoms. The summed E-state index contributed by atoms with van der Waals surface area (Å²) in [6.07, 6.45) is 4.82. The summed E-state index contributed by atoms with van der Waals surface area (Å²) in [5.74, 6) is 3.51. The summed E-state index contributed by atoms with van der Waals surface area (Å²) in [5.41, 5.74) is 5.59. The summed E-state index contributed by atoms with van der Waals surface area (Å²) in [4.78, 5) is 14.2. The Labute approximate surface area is 266 Å². The van der Waals surface area contributed by atoms with E-state index in [0.29, 0.717) is 34.5 Å². The molecule has 0 saturated carbocycles. The van der Waals surface area contributed by atoms with Gasteiger partial charge in [-0.05, 0) is 68.8 Å². The maximum absolute atomic E-state index is 5.51. The van der Waals surface area contributed by atoms with Crippen LogP contribution in [0.3, 0.4) is 0 Å². The molecule has 0 atom stereocenters. The van der Waals surface area contributed by atoms with E-state index in [4.69, 9.17) is 38.4 Å². The van der Waals surface area contributed by atoms with Crippen LogP contribution in [0, 0.1) is 0 Å². The lowest BCUT2D eigenvalue weighted by atomic mass is 10.1. The van der Waals surface area contributed by atoms with Gasteiger partial charge in [0.05, 0.1) is 77.8 Å². The molecule has 0 unspecified atom stereocenters. The molecule has 0 bridgehead atoms. The fraction of sp³-hybridized carbons (Fsp3) is 0.371. The molecule has 10 heteroatoms. The van der Waals surface area contributed by atoms with Gasteiger partial charge >= 0.3 is 0 Å². The van der Waals surface area contributed by atoms with Crippen LogP contribution in [-0.2, 0) is 0 Å². The van der Waals surface area contributed by atoms with Gasteiger partial charge in [0, 0.05) is 37.3 Å². The van der Waals surface area contributed by atoms with E-state index < -0.39 is 0 Å². The van der Waals surface area contributed by atoms with Gasteiger partial charge < -0.3 is 38.2 Å². The molecule has 0 N–H and O–H groups in total. The monoisotopic (exact) mass is 616 g/mol. The van der Waals surface area contributed by atoms with E-state index >= 15 is 0 Å². The molecule has 0 aliphatic heterocycles. The second-order valence-electron chi connectivity index (χ2n) is 10.1. The first-order chi connectivity index (χ1) is 21.9. The molecule has 10 nitrogen and oxygen atoms in total. The Morgan fingerprint density at radius 2 is 0.867 bits per heavy atom. The Morgan fingerprint density at radius 3 is 1.11 bits per heavy atom. The molecular weight excluding hydrogens is 572 g/mol. The highest BCUT2D eigenvalue weighted by Crippen LogP contribution is 2.42. The average molecular weight is 617 g/mol. The van der Waals surface area contributed by atoms with Gasteiger partial charge in [-0.15, -0.1) is 0 Å². The van der Waals surface area contributed by atoms with Crippen LogP contribution >= 0.6 is 0 Å². The number of benzene rings is 2. The highest BCUT2D eigenvalue weighted by molar-refractivity contribution is 5.70. The number of hydrogen-bond acceptors (Lipinski definition) is 10. The van der Waals surface area contributed by atoms with Crippen molar-refractivity contribution in [2.45, 2.75) is 20.3 Å². The molecule has 0 radical (unpaired) electrons. The number of hydrogen-bond donors (Lipinski definition) is 0. The quantitative estimate of drug-likeness (QED) is 0.137. The predicted octanol–water partition coefficient (Wildman–Crippen LogP) is 6.61. The summed E-state index contributed by atoms with van der Waals surface area (Å²) >= 11 is 0. The first-order valence-corrected chi connectivity index (χ1v) is 15.0. The largest absolute Gasteiger partial charge is 0.493 e. The first kappa shape index (κ1) is 33.0. The first-order valence-electron chi connectivity index (χ1n) is 15.0. The van der Waals surface area contributed by atoms with Gasteiger partial charge in [0.2, 0.25) is 11.5 Å². The molecule has 0 aliphatic rings. The van der Waals surface area contributed by atoms with E-state index in [0.717, 1.165) is 66.5 Å². The normalized spacial score (nSPS) is 10.7. The fourth-order valence-corrected chi connectivity index (χ4v) is 5.34. The average Bonchev–Trinajstić information content (AvgIpc) is 3.10. The summed E-state index contributed by atoms with van der Waals surface area (Å²) in [6, 6.07) is 15.9. The summed E-state index contributed by atoms with van der Waals surface area (Å²) in [6.45, 7) is 7.88. The van der Waals surface area contributed by atoms with Crippen LogP contribution in [0.4, 0.5) is 11.4 Å². The molecule has 2 heterocycles. The predicted molar refractivity (Wildman–Crippen MR) is 179 cm³/mol. The third-order valence-corrected chi connectivity index (χ3v) is 7.77. The number of rotatable bonds is 16. The van der Waals surface area contributed by atoms with Crippen molar-refractivity contribution < 1.29 is 28.4 Å². The number of ether oxygens (including phenoxy) is 6. The van der Waals surface area contributed by atoms with E-state index in [1.54, 1.807) is 42.7 Å². The van der Waals surface area contributed by atoms with Crippen molar-refractivity contribution in [2.75, 3.05) is 78.6 Å². The zero-order valence-corrected chi connectivity index (χ0v) is 27.5. The van der Waals surface area contributed by atoms with Gasteiger partial charge in [0.25, 0.3) is 0 Å². The lowest BCUT2D eigenvalue weighted by Gasteiger charge is -2.27. The zero-order chi connectivity index (χ0) is 32.3. The number of aromatic nitrogens is 2. The molecule has 4 rings (SSSR count). The van der Waals surface area contributed by atoms with Gasteiger partial charge in [-0.25, -0.2) is 0 Å². The molecular formula is C35H44N4O6. The SMILES string of the molecule is CCN(CCCN(CC)c1ccc(-c2cc(OC)c(OC)c(OC)c2)nc1)c1ccc(-c2cc(OC)c(OC)c(OC)c2)nc1.